The van der Waals surface area contributed by atoms with Gasteiger partial charge in [-0.15, -0.1) is 0 Å². The first-order valence-corrected chi connectivity index (χ1v) is 8.39. The number of hydrogen-bond donors (Lipinski definition) is 3. The maximum absolute atomic E-state index is 12.5. The minimum atomic E-state index is -0.792. The van der Waals surface area contributed by atoms with Crippen LogP contribution in [0.25, 0.3) is 23.1 Å². The molecule has 0 saturated carbocycles. The summed E-state index contributed by atoms with van der Waals surface area (Å²) in [7, 11) is 1.49. The van der Waals surface area contributed by atoms with Crippen LogP contribution in [0, 0.1) is 0 Å². The van der Waals surface area contributed by atoms with E-state index in [1.165, 1.54) is 14.0 Å². The highest BCUT2D eigenvalue weighted by Gasteiger charge is 2.21. The summed E-state index contributed by atoms with van der Waals surface area (Å²) < 4.78 is 5.50. The van der Waals surface area contributed by atoms with Crippen molar-refractivity contribution in [2.45, 2.75) is 13.0 Å². The molecule has 7 heteroatoms. The van der Waals surface area contributed by atoms with Crippen LogP contribution in [0.15, 0.2) is 42.5 Å². The number of fused-ring (bicyclic) bond motifs is 1. The van der Waals surface area contributed by atoms with Crippen LogP contribution < -0.4 is 15.8 Å². The van der Waals surface area contributed by atoms with Gasteiger partial charge in [0.05, 0.1) is 29.3 Å². The van der Waals surface area contributed by atoms with Gasteiger partial charge >= 0.3 is 0 Å². The van der Waals surface area contributed by atoms with E-state index in [2.05, 4.69) is 15.5 Å². The minimum absolute atomic E-state index is 0.300. The van der Waals surface area contributed by atoms with Gasteiger partial charge in [-0.2, -0.15) is 5.10 Å². The molecule has 0 spiro atoms. The molecule has 0 aliphatic carbocycles. The van der Waals surface area contributed by atoms with Crippen molar-refractivity contribution in [2.75, 3.05) is 7.11 Å². The van der Waals surface area contributed by atoms with Crippen LogP contribution in [0.1, 0.15) is 28.5 Å². The molecule has 138 valence electrons. The highest BCUT2D eigenvalue weighted by atomic mass is 16.5. The smallest absolute Gasteiger partial charge is 0.255 e. The summed E-state index contributed by atoms with van der Waals surface area (Å²) in [6.45, 7) is 1.52. The third kappa shape index (κ3) is 3.82. The molecule has 1 heterocycles. The number of benzene rings is 2. The number of rotatable bonds is 6. The lowest BCUT2D eigenvalue weighted by molar-refractivity contribution is -0.119. The second-order valence-electron chi connectivity index (χ2n) is 6.02. The van der Waals surface area contributed by atoms with E-state index < -0.39 is 17.9 Å². The zero-order valence-electron chi connectivity index (χ0n) is 15.0. The number of H-pyrrole nitrogens is 1. The number of carbonyl (C=O) groups is 2. The molecular weight excluding hydrogens is 344 g/mol. The normalized spacial score (nSPS) is 12.2. The zero-order valence-corrected chi connectivity index (χ0v) is 15.0. The Hall–Kier alpha value is -3.61. The fraction of sp³-hybridized carbons (Fsp3) is 0.150. The molecule has 0 fully saturated rings. The molecule has 7 nitrogen and oxygen atoms in total. The molecule has 4 N–H and O–H groups in total. The van der Waals surface area contributed by atoms with Gasteiger partial charge in [0.25, 0.3) is 5.91 Å². The zero-order chi connectivity index (χ0) is 19.4. The van der Waals surface area contributed by atoms with Gasteiger partial charge in [0.1, 0.15) is 11.8 Å². The van der Waals surface area contributed by atoms with E-state index in [0.717, 1.165) is 11.1 Å². The van der Waals surface area contributed by atoms with E-state index in [4.69, 9.17) is 10.5 Å². The molecule has 2 amide bonds. The quantitative estimate of drug-likeness (QED) is 0.623. The number of nitrogens with two attached hydrogens (primary N) is 1. The number of methoxy groups -OCH3 is 1. The van der Waals surface area contributed by atoms with Crippen LogP contribution >= 0.6 is 0 Å². The fourth-order valence-electron chi connectivity index (χ4n) is 2.70. The topological polar surface area (TPSA) is 110 Å². The monoisotopic (exact) mass is 364 g/mol. The average Bonchev–Trinajstić information content (AvgIpc) is 3.09. The Labute approximate surface area is 156 Å². The van der Waals surface area contributed by atoms with Crippen molar-refractivity contribution in [2.24, 2.45) is 5.73 Å². The Morgan fingerprint density at radius 1 is 1.19 bits per heavy atom. The van der Waals surface area contributed by atoms with Crippen molar-refractivity contribution in [3.63, 3.8) is 0 Å². The predicted molar refractivity (Wildman–Crippen MR) is 104 cm³/mol. The Balaban J connectivity index is 2.02. The molecule has 3 aromatic rings. The van der Waals surface area contributed by atoms with E-state index in [1.807, 2.05) is 42.5 Å². The number of amides is 2. The Morgan fingerprint density at radius 3 is 2.59 bits per heavy atom. The lowest BCUT2D eigenvalue weighted by Gasteiger charge is -2.13. The summed E-state index contributed by atoms with van der Waals surface area (Å²) in [5, 5.41) is 10.5. The molecule has 0 aliphatic rings. The van der Waals surface area contributed by atoms with E-state index in [-0.39, 0.29) is 0 Å². The number of aromatic nitrogens is 2. The number of ether oxygens (including phenoxy) is 1. The SMILES string of the molecule is COc1c(C(=O)N[C@@H](C)C(N)=O)ccc2[nH]nc(C=Cc3ccccc3)c12. The second-order valence-corrected chi connectivity index (χ2v) is 6.02. The summed E-state index contributed by atoms with van der Waals surface area (Å²) in [5.74, 6) is -0.680. The van der Waals surface area contributed by atoms with Gasteiger partial charge in [0.2, 0.25) is 5.91 Å². The molecule has 0 bridgehead atoms. The number of nitrogens with one attached hydrogen (secondary N) is 2. The lowest BCUT2D eigenvalue weighted by Crippen LogP contribution is -2.42. The van der Waals surface area contributed by atoms with Crippen molar-refractivity contribution in [3.8, 4) is 5.75 Å². The summed E-state index contributed by atoms with van der Waals surface area (Å²) in [6, 6.07) is 12.4. The molecule has 0 saturated heterocycles. The number of carbonyl (C=O) groups excluding carboxylic acids is 2. The molecule has 0 unspecified atom stereocenters. The Bertz CT molecular complexity index is 1010. The van der Waals surface area contributed by atoms with E-state index in [1.54, 1.807) is 12.1 Å². The lowest BCUT2D eigenvalue weighted by atomic mass is 10.1. The third-order valence-corrected chi connectivity index (χ3v) is 4.17. The molecule has 0 radical (unpaired) electrons. The van der Waals surface area contributed by atoms with Gasteiger partial charge in [-0.25, -0.2) is 0 Å². The molecule has 27 heavy (non-hydrogen) atoms. The van der Waals surface area contributed by atoms with Crippen LogP contribution in [0.2, 0.25) is 0 Å². The number of primary amides is 1. The Kier molecular flexibility index (Phi) is 5.21. The fourth-order valence-corrected chi connectivity index (χ4v) is 2.70. The molecular formula is C20H20N4O3. The maximum atomic E-state index is 12.5. The van der Waals surface area contributed by atoms with Gasteiger partial charge in [-0.3, -0.25) is 14.7 Å². The van der Waals surface area contributed by atoms with Gasteiger partial charge in [-0.1, -0.05) is 36.4 Å². The first kappa shape index (κ1) is 18.2. The van der Waals surface area contributed by atoms with Crippen LogP contribution in [0.4, 0.5) is 0 Å². The highest BCUT2D eigenvalue weighted by molar-refractivity contribution is 6.06. The van der Waals surface area contributed by atoms with Gasteiger partial charge in [0.15, 0.2) is 0 Å². The van der Waals surface area contributed by atoms with Gasteiger partial charge in [0, 0.05) is 0 Å². The van der Waals surface area contributed by atoms with Gasteiger partial charge < -0.3 is 15.8 Å². The van der Waals surface area contributed by atoms with Crippen molar-refractivity contribution < 1.29 is 14.3 Å². The summed E-state index contributed by atoms with van der Waals surface area (Å²) in [5.41, 5.74) is 7.92. The molecule has 3 rings (SSSR count). The minimum Gasteiger partial charge on any atom is -0.495 e. The van der Waals surface area contributed by atoms with Crippen LogP contribution in [0.5, 0.6) is 5.75 Å². The van der Waals surface area contributed by atoms with Crippen molar-refractivity contribution >= 4 is 34.9 Å². The van der Waals surface area contributed by atoms with Crippen LogP contribution in [-0.2, 0) is 4.79 Å². The van der Waals surface area contributed by atoms with Crippen molar-refractivity contribution in [3.05, 3.63) is 59.3 Å². The maximum Gasteiger partial charge on any atom is 0.255 e. The van der Waals surface area contributed by atoms with E-state index in [9.17, 15) is 9.59 Å². The molecule has 1 aromatic heterocycles. The third-order valence-electron chi connectivity index (χ3n) is 4.17. The number of aromatic amines is 1. The summed E-state index contributed by atoms with van der Waals surface area (Å²) in [4.78, 5) is 23.8. The van der Waals surface area contributed by atoms with Gasteiger partial charge in [-0.05, 0) is 30.7 Å². The first-order chi connectivity index (χ1) is 13.0. The average molecular weight is 364 g/mol. The van der Waals surface area contributed by atoms with Crippen molar-refractivity contribution in [1.29, 1.82) is 0 Å². The first-order valence-electron chi connectivity index (χ1n) is 8.39. The second kappa shape index (κ2) is 7.74. The largest absolute Gasteiger partial charge is 0.495 e. The molecule has 1 atom stereocenters. The standard InChI is InChI=1S/C20H20N4O3/c1-12(19(21)25)22-20(26)14-9-11-16-17(18(14)27-2)15(23-24-16)10-8-13-6-4-3-5-7-13/h3-12H,1-2H3,(H2,21,25)(H,22,26)(H,23,24)/t12-/m0/s1. The summed E-state index contributed by atoms with van der Waals surface area (Å²) in [6.07, 6.45) is 3.78. The summed E-state index contributed by atoms with van der Waals surface area (Å²) >= 11 is 0. The number of nitrogens with zero attached hydrogens (tertiary/aromatic N) is 1. The van der Waals surface area contributed by atoms with Crippen LogP contribution in [0.3, 0.4) is 0 Å². The highest BCUT2D eigenvalue weighted by Crippen LogP contribution is 2.32. The Morgan fingerprint density at radius 2 is 1.93 bits per heavy atom. The van der Waals surface area contributed by atoms with Crippen LogP contribution in [-0.4, -0.2) is 35.2 Å². The van der Waals surface area contributed by atoms with E-state index >= 15 is 0 Å². The number of hydrogen-bond acceptors (Lipinski definition) is 4. The van der Waals surface area contributed by atoms with Crippen molar-refractivity contribution in [1.82, 2.24) is 15.5 Å². The molecule has 2 aromatic carbocycles. The van der Waals surface area contributed by atoms with E-state index in [0.29, 0.717) is 22.4 Å². The molecule has 0 aliphatic heterocycles. The predicted octanol–water partition coefficient (Wildman–Crippen LogP) is 2.35.